The van der Waals surface area contributed by atoms with Crippen LogP contribution in [-0.4, -0.2) is 56.0 Å². The Labute approximate surface area is 172 Å². The molecule has 2 aromatic rings. The summed E-state index contributed by atoms with van der Waals surface area (Å²) >= 11 is 0. The minimum atomic E-state index is -3.41. The minimum absolute atomic E-state index is 0.0182. The van der Waals surface area contributed by atoms with E-state index in [0.717, 1.165) is 24.0 Å². The normalized spacial score (nSPS) is 20.7. The van der Waals surface area contributed by atoms with E-state index in [1.165, 1.54) is 6.07 Å². The molecule has 156 valence electrons. The van der Waals surface area contributed by atoms with Crippen LogP contribution in [0, 0.1) is 5.82 Å². The van der Waals surface area contributed by atoms with Crippen molar-refractivity contribution in [3.05, 3.63) is 71.5 Å². The van der Waals surface area contributed by atoms with E-state index in [-0.39, 0.29) is 17.1 Å². The number of piperazine rings is 1. The summed E-state index contributed by atoms with van der Waals surface area (Å²) in [6, 6.07) is 16.0. The molecule has 2 aliphatic heterocycles. The summed E-state index contributed by atoms with van der Waals surface area (Å²) in [5.41, 5.74) is 1.44. The van der Waals surface area contributed by atoms with Gasteiger partial charge in [-0.3, -0.25) is 4.90 Å². The smallest absolute Gasteiger partial charge is 0.218 e. The number of ether oxygens (including phenoxy) is 1. The van der Waals surface area contributed by atoms with E-state index < -0.39 is 10.0 Å². The minimum Gasteiger partial charge on any atom is -0.381 e. The van der Waals surface area contributed by atoms with Gasteiger partial charge in [-0.05, 0) is 36.1 Å². The van der Waals surface area contributed by atoms with Gasteiger partial charge in [0, 0.05) is 44.9 Å². The highest BCUT2D eigenvalue weighted by Crippen LogP contribution is 2.34. The van der Waals surface area contributed by atoms with Gasteiger partial charge in [-0.2, -0.15) is 4.31 Å². The summed E-state index contributed by atoms with van der Waals surface area (Å²) in [6.07, 6.45) is 1.55. The van der Waals surface area contributed by atoms with Crippen LogP contribution in [0.15, 0.2) is 54.6 Å². The second kappa shape index (κ2) is 8.52. The van der Waals surface area contributed by atoms with Crippen LogP contribution >= 0.6 is 0 Å². The number of halogens is 1. The Kier molecular flexibility index (Phi) is 6.01. The Morgan fingerprint density at radius 2 is 1.69 bits per heavy atom. The van der Waals surface area contributed by atoms with Crippen molar-refractivity contribution in [1.82, 2.24) is 9.21 Å². The molecule has 2 aromatic carbocycles. The predicted molar refractivity (Wildman–Crippen MR) is 110 cm³/mol. The lowest BCUT2D eigenvalue weighted by atomic mass is 9.86. The Bertz CT molecular complexity index is 930. The summed E-state index contributed by atoms with van der Waals surface area (Å²) in [6.45, 7) is 3.39. The molecule has 0 radical (unpaired) electrons. The van der Waals surface area contributed by atoms with Crippen molar-refractivity contribution in [1.29, 1.82) is 0 Å². The summed E-state index contributed by atoms with van der Waals surface area (Å²) in [7, 11) is -3.41. The topological polar surface area (TPSA) is 49.9 Å². The van der Waals surface area contributed by atoms with E-state index in [1.807, 2.05) is 36.4 Å². The molecule has 1 spiro atoms. The molecule has 0 saturated carbocycles. The molecule has 2 heterocycles. The van der Waals surface area contributed by atoms with Crippen molar-refractivity contribution >= 4 is 10.0 Å². The average molecular weight is 419 g/mol. The lowest BCUT2D eigenvalue weighted by molar-refractivity contribution is -0.0608. The van der Waals surface area contributed by atoms with Gasteiger partial charge in [0.1, 0.15) is 5.82 Å². The van der Waals surface area contributed by atoms with Gasteiger partial charge < -0.3 is 4.74 Å². The third-order valence-electron chi connectivity index (χ3n) is 6.03. The first kappa shape index (κ1) is 20.5. The Morgan fingerprint density at radius 3 is 2.41 bits per heavy atom. The van der Waals surface area contributed by atoms with Crippen molar-refractivity contribution < 1.29 is 17.5 Å². The molecule has 4 rings (SSSR count). The number of sulfonamides is 1. The Morgan fingerprint density at radius 1 is 0.966 bits per heavy atom. The largest absolute Gasteiger partial charge is 0.381 e. The number of rotatable bonds is 5. The highest BCUT2D eigenvalue weighted by molar-refractivity contribution is 7.88. The van der Waals surface area contributed by atoms with Gasteiger partial charge in [-0.25, -0.2) is 12.8 Å². The molecule has 0 amide bonds. The zero-order valence-corrected chi connectivity index (χ0v) is 17.3. The third-order valence-corrected chi connectivity index (χ3v) is 7.83. The molecule has 7 heteroatoms. The molecule has 0 unspecified atom stereocenters. The Balaban J connectivity index is 1.54. The number of nitrogens with zero attached hydrogens (tertiary/aromatic N) is 2. The summed E-state index contributed by atoms with van der Waals surface area (Å²) in [5, 5.41) is 0. The molecule has 2 saturated heterocycles. The lowest BCUT2D eigenvalue weighted by Crippen LogP contribution is -2.64. The van der Waals surface area contributed by atoms with Crippen molar-refractivity contribution in [2.24, 2.45) is 0 Å². The van der Waals surface area contributed by atoms with Crippen molar-refractivity contribution in [3.63, 3.8) is 0 Å². The molecule has 5 nitrogen and oxygen atoms in total. The van der Waals surface area contributed by atoms with E-state index in [1.54, 1.807) is 16.4 Å². The van der Waals surface area contributed by atoms with Crippen LogP contribution in [0.1, 0.15) is 24.0 Å². The molecular weight excluding hydrogens is 391 g/mol. The first-order valence-corrected chi connectivity index (χ1v) is 11.7. The molecular formula is C22H27FN2O3S. The highest BCUT2D eigenvalue weighted by atomic mass is 32.2. The van der Waals surface area contributed by atoms with Crippen molar-refractivity contribution in [3.8, 4) is 0 Å². The van der Waals surface area contributed by atoms with Gasteiger partial charge in [-0.1, -0.05) is 42.5 Å². The first-order valence-electron chi connectivity index (χ1n) is 10.1. The zero-order valence-electron chi connectivity index (χ0n) is 16.5. The third kappa shape index (κ3) is 4.69. The van der Waals surface area contributed by atoms with Crippen LogP contribution in [0.3, 0.4) is 0 Å². The van der Waals surface area contributed by atoms with Crippen LogP contribution in [0.4, 0.5) is 4.39 Å². The predicted octanol–water partition coefficient (Wildman–Crippen LogP) is 3.02. The van der Waals surface area contributed by atoms with E-state index in [4.69, 9.17) is 4.74 Å². The monoisotopic (exact) mass is 418 g/mol. The fourth-order valence-electron chi connectivity index (χ4n) is 4.42. The average Bonchev–Trinajstić information content (AvgIpc) is 2.71. The van der Waals surface area contributed by atoms with E-state index >= 15 is 0 Å². The number of benzene rings is 2. The van der Waals surface area contributed by atoms with Gasteiger partial charge >= 0.3 is 0 Å². The fourth-order valence-corrected chi connectivity index (χ4v) is 6.01. The molecule has 29 heavy (non-hydrogen) atoms. The van der Waals surface area contributed by atoms with Gasteiger partial charge in [0.2, 0.25) is 10.0 Å². The lowest BCUT2D eigenvalue weighted by Gasteiger charge is -2.52. The van der Waals surface area contributed by atoms with Crippen LogP contribution in [0.25, 0.3) is 0 Å². The number of hydrogen-bond donors (Lipinski definition) is 0. The zero-order chi connectivity index (χ0) is 20.3. The maximum atomic E-state index is 13.7. The van der Waals surface area contributed by atoms with E-state index in [2.05, 4.69) is 4.90 Å². The van der Waals surface area contributed by atoms with Gasteiger partial charge in [-0.15, -0.1) is 0 Å². The molecule has 0 atom stereocenters. The van der Waals surface area contributed by atoms with Crippen LogP contribution in [0.2, 0.25) is 0 Å². The maximum absolute atomic E-state index is 13.7. The second-order valence-corrected chi connectivity index (χ2v) is 9.93. The molecule has 2 fully saturated rings. The molecule has 0 bridgehead atoms. The highest BCUT2D eigenvalue weighted by Gasteiger charge is 2.45. The van der Waals surface area contributed by atoms with E-state index in [0.29, 0.717) is 39.4 Å². The second-order valence-electron chi connectivity index (χ2n) is 7.96. The summed E-state index contributed by atoms with van der Waals surface area (Å²) in [5.74, 6) is -0.225. The quantitative estimate of drug-likeness (QED) is 0.749. The molecule has 0 aromatic heterocycles. The standard InChI is InChI=1S/C22H27FN2O3S/c23-21-8-4-7-20(15-21)16-24-11-12-25(18-22(24)9-13-28-14-10-22)29(26,27)17-19-5-2-1-3-6-19/h1-8,15H,9-14,16-18H2. The van der Waals surface area contributed by atoms with Gasteiger partial charge in [0.15, 0.2) is 0 Å². The molecule has 0 N–H and O–H groups in total. The van der Waals surface area contributed by atoms with Crippen molar-refractivity contribution in [2.75, 3.05) is 32.8 Å². The summed E-state index contributed by atoms with van der Waals surface area (Å²) < 4.78 is 47.1. The van der Waals surface area contributed by atoms with Crippen LogP contribution < -0.4 is 0 Å². The molecule has 0 aliphatic carbocycles. The number of hydrogen-bond acceptors (Lipinski definition) is 4. The first-order chi connectivity index (χ1) is 14.0. The van der Waals surface area contributed by atoms with Crippen LogP contribution in [0.5, 0.6) is 0 Å². The molecule has 2 aliphatic rings. The van der Waals surface area contributed by atoms with Crippen LogP contribution in [-0.2, 0) is 27.1 Å². The van der Waals surface area contributed by atoms with Gasteiger partial charge in [0.05, 0.1) is 5.75 Å². The fraction of sp³-hybridized carbons (Fsp3) is 0.455. The SMILES string of the molecule is O=S(=O)(Cc1ccccc1)N1CCN(Cc2cccc(F)c2)C2(CCOCC2)C1. The van der Waals surface area contributed by atoms with Crippen molar-refractivity contribution in [2.45, 2.75) is 30.7 Å². The maximum Gasteiger partial charge on any atom is 0.218 e. The van der Waals surface area contributed by atoms with Gasteiger partial charge in [0.25, 0.3) is 0 Å². The summed E-state index contributed by atoms with van der Waals surface area (Å²) in [4.78, 5) is 2.33. The Hall–Kier alpha value is -1.80. The van der Waals surface area contributed by atoms with E-state index in [9.17, 15) is 12.8 Å².